The fourth-order valence-corrected chi connectivity index (χ4v) is 11.6. The van der Waals surface area contributed by atoms with Gasteiger partial charge in [-0.3, -0.25) is 9.59 Å². The van der Waals surface area contributed by atoms with Crippen LogP contribution in [-0.2, 0) is 14.3 Å². The van der Waals surface area contributed by atoms with E-state index < -0.39 is 5.97 Å². The molecule has 0 heterocycles. The van der Waals surface area contributed by atoms with Crippen molar-refractivity contribution in [2.75, 3.05) is 0 Å². The van der Waals surface area contributed by atoms with Crippen molar-refractivity contribution in [3.63, 3.8) is 0 Å². The lowest BCUT2D eigenvalue weighted by atomic mass is 9.46. The normalized spacial score (nSPS) is 50.2. The van der Waals surface area contributed by atoms with Gasteiger partial charge in [-0.1, -0.05) is 34.6 Å². The molecule has 5 rings (SSSR count). The average molecular weight is 459 g/mol. The molecule has 2 spiro atoms. The number of ether oxygens (including phenoxy) is 1. The van der Waals surface area contributed by atoms with Gasteiger partial charge in [-0.25, -0.2) is 0 Å². The fraction of sp³-hybridized carbons (Fsp3) is 0.931. The van der Waals surface area contributed by atoms with Crippen LogP contribution in [-0.4, -0.2) is 23.1 Å². The van der Waals surface area contributed by atoms with Crippen LogP contribution in [0.5, 0.6) is 0 Å². The number of carboxylic acid groups (broad SMARTS) is 1. The number of rotatable bonds is 5. The molecule has 5 saturated carbocycles. The van der Waals surface area contributed by atoms with E-state index in [0.29, 0.717) is 40.4 Å². The summed E-state index contributed by atoms with van der Waals surface area (Å²) in [6.07, 6.45) is 11.4. The van der Waals surface area contributed by atoms with Crippen molar-refractivity contribution in [2.45, 2.75) is 112 Å². The van der Waals surface area contributed by atoms with E-state index in [1.165, 1.54) is 44.9 Å². The Balaban J connectivity index is 1.40. The van der Waals surface area contributed by atoms with Crippen LogP contribution in [0.3, 0.4) is 0 Å². The van der Waals surface area contributed by atoms with Gasteiger partial charge >= 0.3 is 11.9 Å². The maximum absolute atomic E-state index is 11.8. The van der Waals surface area contributed by atoms with Gasteiger partial charge in [0.1, 0.15) is 6.10 Å². The van der Waals surface area contributed by atoms with Crippen molar-refractivity contribution in [1.29, 1.82) is 0 Å². The molecule has 33 heavy (non-hydrogen) atoms. The number of aliphatic carboxylic acids is 1. The molecule has 1 N–H and O–H groups in total. The standard InChI is InChI=1S/C29H46O4/c1-17(7-12-25(31)32)20-8-9-21-22-10-11-23-26(4,5)24(33-19(3)30)13-14-29(23)18(2)28(22,29)16-15-27(20,21)6/h17-18,20-24H,7-16H2,1-6H3,(H,31,32)/t17-,18+,20?,21?,22?,23?,24+,27-,28+,29-/m1/s1. The molecule has 10 atom stereocenters. The minimum Gasteiger partial charge on any atom is -0.481 e. The Bertz CT molecular complexity index is 833. The number of fused-ring (bicyclic) bond motifs is 2. The minimum atomic E-state index is -0.650. The highest BCUT2D eigenvalue weighted by molar-refractivity contribution is 5.66. The van der Waals surface area contributed by atoms with Gasteiger partial charge in [0.2, 0.25) is 0 Å². The summed E-state index contributed by atoms with van der Waals surface area (Å²) >= 11 is 0. The number of esters is 1. The Morgan fingerprint density at radius 1 is 0.970 bits per heavy atom. The quantitative estimate of drug-likeness (QED) is 0.465. The predicted molar refractivity (Wildman–Crippen MR) is 128 cm³/mol. The smallest absolute Gasteiger partial charge is 0.303 e. The molecule has 5 aliphatic carbocycles. The maximum atomic E-state index is 11.8. The third-order valence-electron chi connectivity index (χ3n) is 12.8. The third-order valence-corrected chi connectivity index (χ3v) is 12.8. The first-order valence-corrected chi connectivity index (χ1v) is 13.8. The van der Waals surface area contributed by atoms with E-state index in [1.54, 1.807) is 6.92 Å². The molecule has 186 valence electrons. The van der Waals surface area contributed by atoms with Gasteiger partial charge in [0.25, 0.3) is 0 Å². The van der Waals surface area contributed by atoms with Gasteiger partial charge in [-0.15, -0.1) is 0 Å². The Hall–Kier alpha value is -1.06. The third kappa shape index (κ3) is 2.94. The lowest BCUT2D eigenvalue weighted by Crippen LogP contribution is -2.55. The molecule has 0 amide bonds. The van der Waals surface area contributed by atoms with E-state index >= 15 is 0 Å². The largest absolute Gasteiger partial charge is 0.481 e. The monoisotopic (exact) mass is 458 g/mol. The van der Waals surface area contributed by atoms with E-state index in [0.717, 1.165) is 30.6 Å². The zero-order valence-corrected chi connectivity index (χ0v) is 21.8. The summed E-state index contributed by atoms with van der Waals surface area (Å²) in [5.41, 5.74) is 1.38. The summed E-state index contributed by atoms with van der Waals surface area (Å²) < 4.78 is 5.87. The fourth-order valence-electron chi connectivity index (χ4n) is 11.6. The van der Waals surface area contributed by atoms with E-state index in [-0.39, 0.29) is 17.5 Å². The molecule has 5 fully saturated rings. The van der Waals surface area contributed by atoms with Crippen LogP contribution in [0.25, 0.3) is 0 Å². The molecule has 0 saturated heterocycles. The second-order valence-electron chi connectivity index (χ2n) is 13.7. The SMILES string of the molecule is CC(=O)O[C@H]1CC[C@@]23C(CCC4C5CCC([C@H](C)CCC(=O)O)[C@@]5(C)CC[C@]42[C@@H]3C)C1(C)C. The summed E-state index contributed by atoms with van der Waals surface area (Å²) in [6, 6.07) is 0. The lowest BCUT2D eigenvalue weighted by molar-refractivity contribution is -0.173. The van der Waals surface area contributed by atoms with Crippen LogP contribution in [0, 0.1) is 57.2 Å². The highest BCUT2D eigenvalue weighted by Gasteiger charge is 2.84. The van der Waals surface area contributed by atoms with Crippen molar-refractivity contribution in [3.05, 3.63) is 0 Å². The molecule has 0 aromatic rings. The van der Waals surface area contributed by atoms with Crippen molar-refractivity contribution in [1.82, 2.24) is 0 Å². The number of carbonyl (C=O) groups is 2. The zero-order valence-electron chi connectivity index (χ0n) is 21.8. The zero-order chi connectivity index (χ0) is 24.0. The van der Waals surface area contributed by atoms with E-state index in [2.05, 4.69) is 34.6 Å². The molecule has 0 radical (unpaired) electrons. The highest BCUT2D eigenvalue weighted by Crippen LogP contribution is 2.89. The van der Waals surface area contributed by atoms with Gasteiger partial charge in [0.05, 0.1) is 0 Å². The minimum absolute atomic E-state index is 0.0525. The Morgan fingerprint density at radius 2 is 1.67 bits per heavy atom. The maximum Gasteiger partial charge on any atom is 0.303 e. The van der Waals surface area contributed by atoms with Crippen LogP contribution >= 0.6 is 0 Å². The van der Waals surface area contributed by atoms with Crippen LogP contribution in [0.2, 0.25) is 0 Å². The molecule has 4 heteroatoms. The first kappa shape index (κ1) is 23.7. The molecule has 5 aliphatic rings. The molecule has 0 aliphatic heterocycles. The van der Waals surface area contributed by atoms with Crippen molar-refractivity contribution < 1.29 is 19.4 Å². The second kappa shape index (κ2) is 7.47. The number of hydrogen-bond acceptors (Lipinski definition) is 3. The molecule has 4 unspecified atom stereocenters. The van der Waals surface area contributed by atoms with Crippen LogP contribution in [0.4, 0.5) is 0 Å². The lowest BCUT2D eigenvalue weighted by Gasteiger charge is -2.59. The van der Waals surface area contributed by atoms with Gasteiger partial charge < -0.3 is 9.84 Å². The van der Waals surface area contributed by atoms with Crippen molar-refractivity contribution in [2.24, 2.45) is 57.2 Å². The molecule has 4 nitrogen and oxygen atoms in total. The topological polar surface area (TPSA) is 63.6 Å². The molecule has 0 aromatic carbocycles. The van der Waals surface area contributed by atoms with E-state index in [9.17, 15) is 14.7 Å². The average Bonchev–Trinajstić information content (AvgIpc) is 3.06. The summed E-state index contributed by atoms with van der Waals surface area (Å²) in [7, 11) is 0. The Kier molecular flexibility index (Phi) is 5.36. The van der Waals surface area contributed by atoms with Crippen molar-refractivity contribution >= 4 is 11.9 Å². The van der Waals surface area contributed by atoms with Crippen molar-refractivity contribution in [3.8, 4) is 0 Å². The Morgan fingerprint density at radius 3 is 2.33 bits per heavy atom. The summed E-state index contributed by atoms with van der Waals surface area (Å²) in [4.78, 5) is 23.0. The number of carboxylic acids is 1. The highest BCUT2D eigenvalue weighted by atomic mass is 16.5. The number of hydrogen-bond donors (Lipinski definition) is 1. The van der Waals surface area contributed by atoms with Gasteiger partial charge in [0, 0.05) is 18.8 Å². The van der Waals surface area contributed by atoms with Gasteiger partial charge in [-0.2, -0.15) is 0 Å². The van der Waals surface area contributed by atoms with Crippen LogP contribution < -0.4 is 0 Å². The molecule has 0 aromatic heterocycles. The molecule has 0 bridgehead atoms. The van der Waals surface area contributed by atoms with E-state index in [4.69, 9.17) is 4.74 Å². The van der Waals surface area contributed by atoms with Gasteiger partial charge in [-0.05, 0) is 110 Å². The van der Waals surface area contributed by atoms with Crippen LogP contribution in [0.15, 0.2) is 0 Å². The second-order valence-corrected chi connectivity index (χ2v) is 13.7. The molecular weight excluding hydrogens is 412 g/mol. The van der Waals surface area contributed by atoms with Gasteiger partial charge in [0.15, 0.2) is 0 Å². The predicted octanol–water partition coefficient (Wildman–Crippen LogP) is 6.71. The van der Waals surface area contributed by atoms with E-state index in [1.807, 2.05) is 0 Å². The number of carbonyl (C=O) groups excluding carboxylic acids is 1. The summed E-state index contributed by atoms with van der Waals surface area (Å²) in [6.45, 7) is 13.8. The first-order valence-electron chi connectivity index (χ1n) is 13.8. The summed E-state index contributed by atoms with van der Waals surface area (Å²) in [5, 5.41) is 9.22. The molecular formula is C29H46O4. The first-order chi connectivity index (χ1) is 15.4. The summed E-state index contributed by atoms with van der Waals surface area (Å²) in [5.74, 6) is 3.49. The Labute approximate surface area is 200 Å². The van der Waals surface area contributed by atoms with Crippen LogP contribution in [0.1, 0.15) is 106 Å².